The van der Waals surface area contributed by atoms with E-state index in [0.29, 0.717) is 27.6 Å². The molecule has 0 saturated carbocycles. The highest BCUT2D eigenvalue weighted by Gasteiger charge is 2.21. The molecule has 0 spiro atoms. The van der Waals surface area contributed by atoms with Crippen molar-refractivity contribution in [2.45, 2.75) is 23.6 Å². The molecule has 0 fully saturated rings. The summed E-state index contributed by atoms with van der Waals surface area (Å²) in [6, 6.07) is 21.0. The Morgan fingerprint density at radius 3 is 2.00 bits per heavy atom. The maximum Gasteiger partial charge on any atom is 0.263 e. The second-order valence-electron chi connectivity index (χ2n) is 8.66. The van der Waals surface area contributed by atoms with Crippen LogP contribution in [0.5, 0.6) is 0 Å². The zero-order valence-electron chi connectivity index (χ0n) is 20.7. The molecule has 39 heavy (non-hydrogen) atoms. The van der Waals surface area contributed by atoms with Crippen LogP contribution in [0.25, 0.3) is 0 Å². The molecular weight excluding hydrogens is 581 g/mol. The van der Waals surface area contributed by atoms with Crippen LogP contribution in [0.3, 0.4) is 0 Å². The number of amides is 1. The molecule has 202 valence electrons. The smallest absolute Gasteiger partial charge is 0.263 e. The standard InChI is InChI=1S/C27H23Cl2N3O5S2/c1-17-3-8-22(9-4-17)31-39(36,37)26-15-19(6-14-24(26)29)27(33)30-21-10-12-23(13-11-21)38(34,35)32-25-16-20(28)7-5-18(25)2/h3-16,31-32H,1-2H3,(H,30,33). The van der Waals surface area contributed by atoms with Gasteiger partial charge in [0.05, 0.1) is 15.6 Å². The van der Waals surface area contributed by atoms with Crippen molar-refractivity contribution < 1.29 is 21.6 Å². The number of carbonyl (C=O) groups is 1. The number of sulfonamides is 2. The lowest BCUT2D eigenvalue weighted by molar-refractivity contribution is 0.102. The van der Waals surface area contributed by atoms with Gasteiger partial charge in [-0.1, -0.05) is 47.0 Å². The second kappa shape index (κ2) is 11.3. The Morgan fingerprint density at radius 1 is 0.692 bits per heavy atom. The Morgan fingerprint density at radius 2 is 1.33 bits per heavy atom. The Balaban J connectivity index is 1.50. The molecule has 12 heteroatoms. The van der Waals surface area contributed by atoms with Crippen molar-refractivity contribution >= 4 is 66.2 Å². The van der Waals surface area contributed by atoms with E-state index >= 15 is 0 Å². The van der Waals surface area contributed by atoms with Gasteiger partial charge >= 0.3 is 0 Å². The molecule has 0 aliphatic heterocycles. The highest BCUT2D eigenvalue weighted by Crippen LogP contribution is 2.27. The fourth-order valence-corrected chi connectivity index (χ4v) is 6.39. The van der Waals surface area contributed by atoms with E-state index in [1.807, 2.05) is 6.92 Å². The number of hydrogen-bond acceptors (Lipinski definition) is 5. The lowest BCUT2D eigenvalue weighted by Gasteiger charge is -2.13. The second-order valence-corrected chi connectivity index (χ2v) is 12.8. The Hall–Kier alpha value is -3.57. The minimum Gasteiger partial charge on any atom is -0.322 e. The van der Waals surface area contributed by atoms with E-state index in [-0.39, 0.29) is 20.4 Å². The minimum absolute atomic E-state index is 0.0260. The molecule has 8 nitrogen and oxygen atoms in total. The van der Waals surface area contributed by atoms with Gasteiger partial charge in [0, 0.05) is 22.0 Å². The van der Waals surface area contributed by atoms with Crippen molar-refractivity contribution in [1.82, 2.24) is 0 Å². The van der Waals surface area contributed by atoms with E-state index in [2.05, 4.69) is 14.8 Å². The monoisotopic (exact) mass is 603 g/mol. The summed E-state index contributed by atoms with van der Waals surface area (Å²) in [5.74, 6) is -0.610. The van der Waals surface area contributed by atoms with Crippen LogP contribution in [0.1, 0.15) is 21.5 Å². The van der Waals surface area contributed by atoms with Crippen LogP contribution in [0, 0.1) is 13.8 Å². The van der Waals surface area contributed by atoms with Crippen molar-refractivity contribution in [3.05, 3.63) is 112 Å². The summed E-state index contributed by atoms with van der Waals surface area (Å²) >= 11 is 12.1. The van der Waals surface area contributed by atoms with E-state index in [1.165, 1.54) is 48.5 Å². The lowest BCUT2D eigenvalue weighted by atomic mass is 10.2. The van der Waals surface area contributed by atoms with Gasteiger partial charge in [-0.25, -0.2) is 16.8 Å². The number of aryl methyl sites for hydroxylation is 2. The number of anilines is 3. The summed E-state index contributed by atoms with van der Waals surface area (Å²) in [5, 5.41) is 2.96. The molecule has 0 saturated heterocycles. The van der Waals surface area contributed by atoms with Gasteiger partial charge in [0.15, 0.2) is 0 Å². The van der Waals surface area contributed by atoms with E-state index in [1.54, 1.807) is 43.3 Å². The zero-order chi connectivity index (χ0) is 28.4. The zero-order valence-corrected chi connectivity index (χ0v) is 23.8. The number of nitrogens with one attached hydrogen (secondary N) is 3. The SMILES string of the molecule is Cc1ccc(NS(=O)(=O)c2cc(C(=O)Nc3ccc(S(=O)(=O)Nc4cc(Cl)ccc4C)cc3)ccc2Cl)cc1. The molecule has 0 bridgehead atoms. The molecule has 0 heterocycles. The fraction of sp³-hybridized carbons (Fsp3) is 0.0741. The molecule has 1 amide bonds. The van der Waals surface area contributed by atoms with Crippen LogP contribution < -0.4 is 14.8 Å². The number of halogens is 2. The van der Waals surface area contributed by atoms with Crippen molar-refractivity contribution in [3.8, 4) is 0 Å². The molecule has 0 radical (unpaired) electrons. The van der Waals surface area contributed by atoms with Crippen LogP contribution in [-0.2, 0) is 20.0 Å². The van der Waals surface area contributed by atoms with Crippen molar-refractivity contribution in [1.29, 1.82) is 0 Å². The van der Waals surface area contributed by atoms with Gasteiger partial charge < -0.3 is 5.32 Å². The Labute approximate surface area is 237 Å². The number of benzene rings is 4. The van der Waals surface area contributed by atoms with Crippen LogP contribution in [-0.4, -0.2) is 22.7 Å². The summed E-state index contributed by atoms with van der Waals surface area (Å²) in [5.41, 5.74) is 2.71. The third-order valence-corrected chi connectivity index (χ3v) is 9.13. The molecule has 0 aromatic heterocycles. The topological polar surface area (TPSA) is 121 Å². The largest absolute Gasteiger partial charge is 0.322 e. The van der Waals surface area contributed by atoms with Crippen molar-refractivity contribution in [2.24, 2.45) is 0 Å². The Kier molecular flexibility index (Phi) is 8.22. The quantitative estimate of drug-likeness (QED) is 0.213. The van der Waals surface area contributed by atoms with E-state index in [0.717, 1.165) is 5.56 Å². The molecular formula is C27H23Cl2N3O5S2. The molecule has 4 aromatic carbocycles. The van der Waals surface area contributed by atoms with Gasteiger partial charge in [0.25, 0.3) is 26.0 Å². The molecule has 3 N–H and O–H groups in total. The normalized spacial score (nSPS) is 11.6. The average Bonchev–Trinajstić information content (AvgIpc) is 2.88. The highest BCUT2D eigenvalue weighted by atomic mass is 35.5. The van der Waals surface area contributed by atoms with Gasteiger partial charge in [-0.2, -0.15) is 0 Å². The molecule has 0 aliphatic carbocycles. The number of rotatable bonds is 8. The van der Waals surface area contributed by atoms with E-state index < -0.39 is 26.0 Å². The van der Waals surface area contributed by atoms with E-state index in [4.69, 9.17) is 23.2 Å². The van der Waals surface area contributed by atoms with Gasteiger partial charge in [-0.15, -0.1) is 0 Å². The average molecular weight is 605 g/mol. The summed E-state index contributed by atoms with van der Waals surface area (Å²) in [6.45, 7) is 3.63. The number of carbonyl (C=O) groups excluding carboxylic acids is 1. The molecule has 4 aromatic rings. The third kappa shape index (κ3) is 6.90. The first kappa shape index (κ1) is 28.4. The van der Waals surface area contributed by atoms with Crippen LogP contribution >= 0.6 is 23.2 Å². The maximum absolute atomic E-state index is 12.9. The predicted molar refractivity (Wildman–Crippen MR) is 155 cm³/mol. The lowest BCUT2D eigenvalue weighted by Crippen LogP contribution is -2.17. The predicted octanol–water partition coefficient (Wildman–Crippen LogP) is 6.46. The van der Waals surface area contributed by atoms with E-state index in [9.17, 15) is 21.6 Å². The third-order valence-electron chi connectivity index (χ3n) is 5.65. The van der Waals surface area contributed by atoms with Crippen molar-refractivity contribution in [2.75, 3.05) is 14.8 Å². The highest BCUT2D eigenvalue weighted by molar-refractivity contribution is 7.93. The maximum atomic E-state index is 12.9. The first-order chi connectivity index (χ1) is 18.3. The molecule has 0 unspecified atom stereocenters. The van der Waals surface area contributed by atoms with Gasteiger partial charge in [0.2, 0.25) is 0 Å². The summed E-state index contributed by atoms with van der Waals surface area (Å²) in [6.07, 6.45) is 0. The summed E-state index contributed by atoms with van der Waals surface area (Å²) in [7, 11) is -8.00. The first-order valence-corrected chi connectivity index (χ1v) is 15.2. The van der Waals surface area contributed by atoms with Gasteiger partial charge in [0.1, 0.15) is 4.90 Å². The number of hydrogen-bond donors (Lipinski definition) is 3. The van der Waals surface area contributed by atoms with Gasteiger partial charge in [-0.05, 0) is 86.1 Å². The van der Waals surface area contributed by atoms with Crippen LogP contribution in [0.2, 0.25) is 10.0 Å². The summed E-state index contributed by atoms with van der Waals surface area (Å²) in [4.78, 5) is 12.6. The first-order valence-electron chi connectivity index (χ1n) is 11.4. The fourth-order valence-electron chi connectivity index (χ4n) is 3.51. The van der Waals surface area contributed by atoms with Crippen LogP contribution in [0.4, 0.5) is 17.1 Å². The van der Waals surface area contributed by atoms with Gasteiger partial charge in [-0.3, -0.25) is 14.2 Å². The summed E-state index contributed by atoms with van der Waals surface area (Å²) < 4.78 is 56.5. The molecule has 0 atom stereocenters. The minimum atomic E-state index is -4.08. The van der Waals surface area contributed by atoms with Crippen molar-refractivity contribution in [3.63, 3.8) is 0 Å². The Bertz CT molecular complexity index is 1760. The molecule has 4 rings (SSSR count). The molecule has 0 aliphatic rings. The van der Waals surface area contributed by atoms with Crippen LogP contribution in [0.15, 0.2) is 94.7 Å².